The zero-order valence-electron chi connectivity index (χ0n) is 12.0. The number of piperazine rings is 1. The fourth-order valence-corrected chi connectivity index (χ4v) is 3.91. The van der Waals surface area contributed by atoms with Gasteiger partial charge in [0.15, 0.2) is 0 Å². The molecule has 0 radical (unpaired) electrons. The highest BCUT2D eigenvalue weighted by Gasteiger charge is 2.33. The number of hydrogen-bond acceptors (Lipinski definition) is 3. The highest BCUT2D eigenvalue weighted by Crippen LogP contribution is 2.21. The number of nitrogens with zero attached hydrogens (tertiary/aromatic N) is 2. The fraction of sp³-hybridized carbons (Fsp3) is 0.500. The van der Waals surface area contributed by atoms with Crippen LogP contribution in [0.3, 0.4) is 0 Å². The van der Waals surface area contributed by atoms with Gasteiger partial charge in [0.05, 0.1) is 0 Å². The third-order valence-corrected chi connectivity index (χ3v) is 5.82. The number of rotatable bonds is 3. The van der Waals surface area contributed by atoms with Gasteiger partial charge >= 0.3 is 6.03 Å². The molecule has 6 nitrogen and oxygen atoms in total. The zero-order valence-corrected chi connectivity index (χ0v) is 12.9. The average Bonchev–Trinajstić information content (AvgIpc) is 3.31. The van der Waals surface area contributed by atoms with Crippen molar-refractivity contribution in [3.8, 4) is 0 Å². The maximum atomic E-state index is 13.7. The van der Waals surface area contributed by atoms with Gasteiger partial charge in [-0.15, -0.1) is 0 Å². The van der Waals surface area contributed by atoms with Crippen LogP contribution in [-0.4, -0.2) is 55.9 Å². The molecule has 0 bridgehead atoms. The Morgan fingerprint density at radius 2 is 1.77 bits per heavy atom. The van der Waals surface area contributed by atoms with Gasteiger partial charge in [0, 0.05) is 32.2 Å². The number of benzene rings is 1. The van der Waals surface area contributed by atoms with Gasteiger partial charge in [-0.3, -0.25) is 0 Å². The Morgan fingerprint density at radius 3 is 2.36 bits per heavy atom. The number of halogens is 1. The van der Waals surface area contributed by atoms with E-state index in [9.17, 15) is 17.6 Å². The molecule has 1 saturated heterocycles. The summed E-state index contributed by atoms with van der Waals surface area (Å²) in [5.41, 5.74) is 0. The Labute approximate surface area is 128 Å². The van der Waals surface area contributed by atoms with Gasteiger partial charge < -0.3 is 10.2 Å². The summed E-state index contributed by atoms with van der Waals surface area (Å²) in [4.78, 5) is 13.2. The molecule has 1 aliphatic heterocycles. The normalized spacial score (nSPS) is 20.0. The van der Waals surface area contributed by atoms with Gasteiger partial charge in [-0.05, 0) is 25.0 Å². The molecule has 0 spiro atoms. The van der Waals surface area contributed by atoms with Crippen LogP contribution >= 0.6 is 0 Å². The molecule has 1 heterocycles. The van der Waals surface area contributed by atoms with Gasteiger partial charge in [0.25, 0.3) is 0 Å². The van der Waals surface area contributed by atoms with Crippen LogP contribution in [0.1, 0.15) is 12.8 Å². The van der Waals surface area contributed by atoms with Crippen LogP contribution in [0.5, 0.6) is 0 Å². The Bertz CT molecular complexity index is 668. The first-order chi connectivity index (χ1) is 10.5. The lowest BCUT2D eigenvalue weighted by molar-refractivity contribution is 0.172. The molecule has 1 aromatic carbocycles. The number of sulfonamides is 1. The Hall–Kier alpha value is -1.67. The predicted molar refractivity (Wildman–Crippen MR) is 78.3 cm³/mol. The summed E-state index contributed by atoms with van der Waals surface area (Å²) >= 11 is 0. The molecule has 1 N–H and O–H groups in total. The van der Waals surface area contributed by atoms with Gasteiger partial charge in [-0.1, -0.05) is 12.1 Å². The van der Waals surface area contributed by atoms with E-state index < -0.39 is 15.8 Å². The molecule has 2 amide bonds. The van der Waals surface area contributed by atoms with Crippen molar-refractivity contribution in [2.45, 2.75) is 23.8 Å². The topological polar surface area (TPSA) is 69.7 Å². The Kier molecular flexibility index (Phi) is 4.05. The van der Waals surface area contributed by atoms with E-state index in [0.717, 1.165) is 18.9 Å². The van der Waals surface area contributed by atoms with Crippen molar-refractivity contribution in [3.05, 3.63) is 30.1 Å². The van der Waals surface area contributed by atoms with E-state index in [1.54, 1.807) is 4.90 Å². The first-order valence-corrected chi connectivity index (χ1v) is 8.72. The van der Waals surface area contributed by atoms with Crippen LogP contribution in [0, 0.1) is 5.82 Å². The second kappa shape index (κ2) is 5.85. The van der Waals surface area contributed by atoms with Crippen LogP contribution < -0.4 is 5.32 Å². The second-order valence-corrected chi connectivity index (χ2v) is 7.45. The summed E-state index contributed by atoms with van der Waals surface area (Å²) in [6, 6.07) is 5.46. The molecule has 1 aliphatic carbocycles. The molecule has 2 aliphatic rings. The van der Waals surface area contributed by atoms with E-state index in [4.69, 9.17) is 0 Å². The fourth-order valence-electron chi connectivity index (χ4n) is 2.42. The van der Waals surface area contributed by atoms with E-state index in [2.05, 4.69) is 5.32 Å². The maximum Gasteiger partial charge on any atom is 0.317 e. The van der Waals surface area contributed by atoms with Crippen molar-refractivity contribution >= 4 is 16.1 Å². The van der Waals surface area contributed by atoms with Crippen molar-refractivity contribution < 1.29 is 17.6 Å². The molecule has 0 aromatic heterocycles. The van der Waals surface area contributed by atoms with Crippen molar-refractivity contribution in [2.75, 3.05) is 26.2 Å². The first-order valence-electron chi connectivity index (χ1n) is 7.28. The van der Waals surface area contributed by atoms with E-state index in [-0.39, 0.29) is 30.1 Å². The molecule has 120 valence electrons. The lowest BCUT2D eigenvalue weighted by Crippen LogP contribution is -2.53. The molecular formula is C14H18FN3O3S. The van der Waals surface area contributed by atoms with Crippen molar-refractivity contribution in [1.29, 1.82) is 0 Å². The minimum atomic E-state index is -3.85. The van der Waals surface area contributed by atoms with E-state index in [1.807, 2.05) is 0 Å². The number of carbonyl (C=O) groups is 1. The lowest BCUT2D eigenvalue weighted by Gasteiger charge is -2.34. The molecule has 8 heteroatoms. The van der Waals surface area contributed by atoms with E-state index in [1.165, 1.54) is 22.5 Å². The highest BCUT2D eigenvalue weighted by molar-refractivity contribution is 7.89. The van der Waals surface area contributed by atoms with Gasteiger partial charge in [0.1, 0.15) is 10.7 Å². The maximum absolute atomic E-state index is 13.7. The molecular weight excluding hydrogens is 309 g/mol. The van der Waals surface area contributed by atoms with Crippen molar-refractivity contribution in [3.63, 3.8) is 0 Å². The van der Waals surface area contributed by atoms with Crippen LogP contribution in [0.2, 0.25) is 0 Å². The molecule has 3 rings (SSSR count). The molecule has 1 saturated carbocycles. The Balaban J connectivity index is 1.65. The third kappa shape index (κ3) is 3.07. The molecule has 0 unspecified atom stereocenters. The summed E-state index contributed by atoms with van der Waals surface area (Å²) in [5, 5.41) is 2.88. The van der Waals surface area contributed by atoms with Crippen LogP contribution in [0.25, 0.3) is 0 Å². The summed E-state index contributed by atoms with van der Waals surface area (Å²) < 4.78 is 39.8. The number of hydrogen-bond donors (Lipinski definition) is 1. The number of amides is 2. The number of urea groups is 1. The van der Waals surface area contributed by atoms with Crippen molar-refractivity contribution in [2.24, 2.45) is 0 Å². The molecule has 2 fully saturated rings. The van der Waals surface area contributed by atoms with Crippen molar-refractivity contribution in [1.82, 2.24) is 14.5 Å². The Morgan fingerprint density at radius 1 is 1.14 bits per heavy atom. The van der Waals surface area contributed by atoms with Crippen LogP contribution in [0.4, 0.5) is 9.18 Å². The number of nitrogens with one attached hydrogen (secondary N) is 1. The second-order valence-electron chi connectivity index (χ2n) is 5.55. The predicted octanol–water partition coefficient (Wildman–Crippen LogP) is 1.00. The number of carbonyl (C=O) groups excluding carboxylic acids is 1. The monoisotopic (exact) mass is 327 g/mol. The summed E-state index contributed by atoms with van der Waals surface area (Å²) in [5.74, 6) is -0.753. The highest BCUT2D eigenvalue weighted by atomic mass is 32.2. The SMILES string of the molecule is O=C(NC1CC1)N1CCN(S(=O)(=O)c2ccccc2F)CC1. The van der Waals surface area contributed by atoms with Gasteiger partial charge in [-0.2, -0.15) is 4.31 Å². The minimum absolute atomic E-state index is 0.148. The van der Waals surface area contributed by atoms with Gasteiger partial charge in [-0.25, -0.2) is 17.6 Å². The van der Waals surface area contributed by atoms with E-state index >= 15 is 0 Å². The quantitative estimate of drug-likeness (QED) is 0.900. The minimum Gasteiger partial charge on any atom is -0.335 e. The largest absolute Gasteiger partial charge is 0.335 e. The standard InChI is InChI=1S/C14H18FN3O3S/c15-12-3-1-2-4-13(12)22(20,21)18-9-7-17(8-10-18)14(19)16-11-5-6-11/h1-4,11H,5-10H2,(H,16,19). The smallest absolute Gasteiger partial charge is 0.317 e. The lowest BCUT2D eigenvalue weighted by atomic mass is 10.3. The molecule has 0 atom stereocenters. The average molecular weight is 327 g/mol. The zero-order chi connectivity index (χ0) is 15.7. The van der Waals surface area contributed by atoms with E-state index in [0.29, 0.717) is 13.1 Å². The first kappa shape index (κ1) is 15.2. The van der Waals surface area contributed by atoms with Gasteiger partial charge in [0.2, 0.25) is 10.0 Å². The summed E-state index contributed by atoms with van der Waals surface area (Å²) in [6.45, 7) is 0.974. The van der Waals surface area contributed by atoms with Crippen LogP contribution in [-0.2, 0) is 10.0 Å². The third-order valence-electron chi connectivity index (χ3n) is 3.89. The molecule has 1 aromatic rings. The van der Waals surface area contributed by atoms with Crippen LogP contribution in [0.15, 0.2) is 29.2 Å². The summed E-state index contributed by atoms with van der Waals surface area (Å²) in [7, 11) is -3.85. The summed E-state index contributed by atoms with van der Waals surface area (Å²) in [6.07, 6.45) is 2.01. The molecule has 22 heavy (non-hydrogen) atoms.